The molecule has 2 heterocycles. The summed E-state index contributed by atoms with van der Waals surface area (Å²) in [6.07, 6.45) is -3.14. The molecule has 1 aromatic carbocycles. The molecule has 3 N–H and O–H groups in total. The van der Waals surface area contributed by atoms with Crippen molar-refractivity contribution in [2.45, 2.75) is 24.3 Å². The van der Waals surface area contributed by atoms with E-state index in [-0.39, 0.29) is 24.4 Å². The van der Waals surface area contributed by atoms with Gasteiger partial charge in [-0.1, -0.05) is 23.9 Å². The average molecular weight is 439 g/mol. The molecule has 0 aliphatic carbocycles. The molecule has 0 atom stereocenters. The van der Waals surface area contributed by atoms with E-state index in [1.165, 1.54) is 24.5 Å². The molecular weight excluding hydrogens is 423 g/mol. The Labute approximate surface area is 172 Å². The van der Waals surface area contributed by atoms with Crippen LogP contribution in [0.25, 0.3) is 11.6 Å². The van der Waals surface area contributed by atoms with Crippen LogP contribution in [-0.4, -0.2) is 32.3 Å². The lowest BCUT2D eigenvalue weighted by Crippen LogP contribution is -2.18. The number of halogens is 3. The van der Waals surface area contributed by atoms with Crippen LogP contribution in [0.15, 0.2) is 52.2 Å². The molecule has 30 heavy (non-hydrogen) atoms. The van der Waals surface area contributed by atoms with Crippen molar-refractivity contribution in [1.29, 1.82) is 0 Å². The number of alkyl halides is 3. The first-order valence-electron chi connectivity index (χ1n) is 8.60. The molecule has 2 aromatic heterocycles. The SMILES string of the molecule is NC(=O)CCn1c(SCC(=O)Nc2ccccc2C(F)(F)F)nnc1-c1ccco1. The number of aromatic nitrogens is 3. The number of primary amides is 1. The maximum atomic E-state index is 13.1. The van der Waals surface area contributed by atoms with Gasteiger partial charge in [-0.05, 0) is 24.3 Å². The normalized spacial score (nSPS) is 11.4. The number of nitrogens with two attached hydrogens (primary N) is 1. The number of rotatable bonds is 8. The van der Waals surface area contributed by atoms with Crippen LogP contribution in [0.1, 0.15) is 12.0 Å². The van der Waals surface area contributed by atoms with Crippen LogP contribution >= 0.6 is 11.8 Å². The molecule has 0 fully saturated rings. The van der Waals surface area contributed by atoms with E-state index >= 15 is 0 Å². The van der Waals surface area contributed by atoms with Crippen molar-refractivity contribution in [2.24, 2.45) is 5.73 Å². The Bertz CT molecular complexity index is 1030. The average Bonchev–Trinajstić information content (AvgIpc) is 3.33. The number of para-hydroxylation sites is 1. The van der Waals surface area contributed by atoms with Gasteiger partial charge < -0.3 is 15.5 Å². The van der Waals surface area contributed by atoms with E-state index in [1.807, 2.05) is 0 Å². The van der Waals surface area contributed by atoms with Crippen LogP contribution in [0.4, 0.5) is 18.9 Å². The highest BCUT2D eigenvalue weighted by molar-refractivity contribution is 7.99. The molecule has 0 aliphatic heterocycles. The summed E-state index contributed by atoms with van der Waals surface area (Å²) in [6.45, 7) is 0.152. The van der Waals surface area contributed by atoms with E-state index in [2.05, 4.69) is 15.5 Å². The number of carbonyl (C=O) groups excluding carboxylic acids is 2. The molecule has 3 aromatic rings. The van der Waals surface area contributed by atoms with Crippen molar-refractivity contribution in [2.75, 3.05) is 11.1 Å². The maximum Gasteiger partial charge on any atom is 0.418 e. The first kappa shape index (κ1) is 21.4. The van der Waals surface area contributed by atoms with Gasteiger partial charge in [0.05, 0.1) is 23.3 Å². The van der Waals surface area contributed by atoms with Crippen molar-refractivity contribution in [3.8, 4) is 11.6 Å². The molecular formula is C18H16F3N5O3S. The lowest BCUT2D eigenvalue weighted by Gasteiger charge is -2.13. The number of anilines is 1. The summed E-state index contributed by atoms with van der Waals surface area (Å²) >= 11 is 0.960. The number of carbonyl (C=O) groups is 2. The predicted molar refractivity (Wildman–Crippen MR) is 102 cm³/mol. The summed E-state index contributed by atoms with van der Waals surface area (Å²) in [6, 6.07) is 8.01. The first-order valence-corrected chi connectivity index (χ1v) is 9.58. The van der Waals surface area contributed by atoms with Crippen molar-refractivity contribution in [1.82, 2.24) is 14.8 Å². The Kier molecular flexibility index (Phi) is 6.45. The Morgan fingerprint density at radius 2 is 1.93 bits per heavy atom. The van der Waals surface area contributed by atoms with Gasteiger partial charge in [-0.3, -0.25) is 14.2 Å². The lowest BCUT2D eigenvalue weighted by atomic mass is 10.1. The zero-order valence-corrected chi connectivity index (χ0v) is 16.2. The fraction of sp³-hybridized carbons (Fsp3) is 0.222. The van der Waals surface area contributed by atoms with Gasteiger partial charge in [-0.25, -0.2) is 0 Å². The van der Waals surface area contributed by atoms with Crippen molar-refractivity contribution in [3.05, 3.63) is 48.2 Å². The summed E-state index contributed by atoms with van der Waals surface area (Å²) in [7, 11) is 0. The van der Waals surface area contributed by atoms with Crippen LogP contribution < -0.4 is 11.1 Å². The molecule has 0 unspecified atom stereocenters. The third-order valence-corrected chi connectivity index (χ3v) is 4.85. The van der Waals surface area contributed by atoms with Crippen LogP contribution in [0, 0.1) is 0 Å². The minimum atomic E-state index is -4.59. The largest absolute Gasteiger partial charge is 0.461 e. The van der Waals surface area contributed by atoms with E-state index in [4.69, 9.17) is 10.2 Å². The zero-order chi connectivity index (χ0) is 21.7. The molecule has 2 amide bonds. The van der Waals surface area contributed by atoms with Gasteiger partial charge in [0.25, 0.3) is 0 Å². The number of hydrogen-bond donors (Lipinski definition) is 2. The first-order chi connectivity index (χ1) is 14.3. The second kappa shape index (κ2) is 9.03. The molecule has 0 spiro atoms. The molecule has 8 nitrogen and oxygen atoms in total. The minimum Gasteiger partial charge on any atom is -0.461 e. The van der Waals surface area contributed by atoms with Crippen molar-refractivity contribution < 1.29 is 27.2 Å². The fourth-order valence-electron chi connectivity index (χ4n) is 2.56. The highest BCUT2D eigenvalue weighted by Crippen LogP contribution is 2.34. The van der Waals surface area contributed by atoms with Crippen molar-refractivity contribution >= 4 is 29.3 Å². The number of benzene rings is 1. The Hall–Kier alpha value is -3.28. The van der Waals surface area contributed by atoms with E-state index in [0.29, 0.717) is 16.7 Å². The Morgan fingerprint density at radius 3 is 2.60 bits per heavy atom. The number of furan rings is 1. The minimum absolute atomic E-state index is 0.00443. The van der Waals surface area contributed by atoms with E-state index in [0.717, 1.165) is 17.8 Å². The standard InChI is InChI=1S/C18H16F3N5O3S/c19-18(20,21)11-4-1-2-5-12(11)23-15(28)10-30-17-25-24-16(13-6-3-9-29-13)26(17)8-7-14(22)27/h1-6,9H,7-8,10H2,(H2,22,27)(H,23,28). The third kappa shape index (κ3) is 5.20. The summed E-state index contributed by atoms with van der Waals surface area (Å²) < 4.78 is 46.1. The number of nitrogens with one attached hydrogen (secondary N) is 1. The van der Waals surface area contributed by atoms with E-state index in [1.54, 1.807) is 16.7 Å². The molecule has 12 heteroatoms. The molecule has 0 aliphatic rings. The Balaban J connectivity index is 1.73. The van der Waals surface area contributed by atoms with Gasteiger partial charge in [0.2, 0.25) is 11.8 Å². The van der Waals surface area contributed by atoms with Gasteiger partial charge in [-0.2, -0.15) is 13.2 Å². The molecule has 0 radical (unpaired) electrons. The van der Waals surface area contributed by atoms with Crippen LogP contribution in [0.2, 0.25) is 0 Å². The highest BCUT2D eigenvalue weighted by Gasteiger charge is 2.33. The van der Waals surface area contributed by atoms with Gasteiger partial charge >= 0.3 is 6.18 Å². The molecule has 3 rings (SSSR count). The number of amides is 2. The topological polar surface area (TPSA) is 116 Å². The van der Waals surface area contributed by atoms with Gasteiger partial charge in [-0.15, -0.1) is 10.2 Å². The maximum absolute atomic E-state index is 13.1. The van der Waals surface area contributed by atoms with Gasteiger partial charge in [0.1, 0.15) is 0 Å². The van der Waals surface area contributed by atoms with E-state index < -0.39 is 23.6 Å². The molecule has 0 saturated carbocycles. The van der Waals surface area contributed by atoms with Crippen LogP contribution in [0.5, 0.6) is 0 Å². The van der Waals surface area contributed by atoms with Gasteiger partial charge in [0, 0.05) is 13.0 Å². The summed E-state index contributed by atoms with van der Waals surface area (Å²) in [5.41, 5.74) is 3.94. The lowest BCUT2D eigenvalue weighted by molar-refractivity contribution is -0.137. The highest BCUT2D eigenvalue weighted by atomic mass is 32.2. The molecule has 158 valence electrons. The smallest absolute Gasteiger partial charge is 0.418 e. The summed E-state index contributed by atoms with van der Waals surface area (Å²) in [5, 5.41) is 10.6. The second-order valence-corrected chi connectivity index (χ2v) is 6.97. The quantitative estimate of drug-likeness (QED) is 0.521. The molecule has 0 bridgehead atoms. The fourth-order valence-corrected chi connectivity index (χ4v) is 3.33. The third-order valence-electron chi connectivity index (χ3n) is 3.88. The monoisotopic (exact) mass is 439 g/mol. The second-order valence-electron chi connectivity index (χ2n) is 6.03. The summed E-state index contributed by atoms with van der Waals surface area (Å²) in [4.78, 5) is 23.4. The molecule has 0 saturated heterocycles. The summed E-state index contributed by atoms with van der Waals surface area (Å²) in [5.74, 6) is -0.666. The number of nitrogens with zero attached hydrogens (tertiary/aromatic N) is 3. The van der Waals surface area contributed by atoms with Crippen LogP contribution in [-0.2, 0) is 22.3 Å². The zero-order valence-electron chi connectivity index (χ0n) is 15.3. The number of thioether (sulfide) groups is 1. The Morgan fingerprint density at radius 1 is 1.17 bits per heavy atom. The van der Waals surface area contributed by atoms with Crippen LogP contribution in [0.3, 0.4) is 0 Å². The van der Waals surface area contributed by atoms with Crippen molar-refractivity contribution in [3.63, 3.8) is 0 Å². The predicted octanol–water partition coefficient (Wildman–Crippen LogP) is 3.16. The van der Waals surface area contributed by atoms with Gasteiger partial charge in [0.15, 0.2) is 16.7 Å². The number of hydrogen-bond acceptors (Lipinski definition) is 6. The van der Waals surface area contributed by atoms with E-state index in [9.17, 15) is 22.8 Å².